The third-order valence-electron chi connectivity index (χ3n) is 5.56. The quantitative estimate of drug-likeness (QED) is 0.888. The Hall–Kier alpha value is -1.40. The number of carbonyl (C=O) groups excluding carboxylic acids is 1. The summed E-state index contributed by atoms with van der Waals surface area (Å²) in [6.07, 6.45) is 5.59. The molecule has 6 heteroatoms. The van der Waals surface area contributed by atoms with E-state index in [9.17, 15) is 13.2 Å². The molecule has 2 aliphatic carbocycles. The van der Waals surface area contributed by atoms with Gasteiger partial charge in [0.25, 0.3) is 0 Å². The van der Waals surface area contributed by atoms with E-state index < -0.39 is 10.0 Å². The molecular weight excluding hydrogens is 324 g/mol. The molecule has 2 bridgehead atoms. The zero-order valence-electron chi connectivity index (χ0n) is 14.6. The van der Waals surface area contributed by atoms with E-state index in [4.69, 9.17) is 0 Å². The van der Waals surface area contributed by atoms with E-state index in [2.05, 4.69) is 5.32 Å². The Morgan fingerprint density at radius 2 is 2.00 bits per heavy atom. The van der Waals surface area contributed by atoms with Crippen LogP contribution in [0.4, 0.5) is 5.69 Å². The van der Waals surface area contributed by atoms with E-state index in [0.717, 1.165) is 5.92 Å². The average Bonchev–Trinajstić information content (AvgIpc) is 3.11. The number of fused-ring (bicyclic) bond motifs is 2. The first-order valence-electron chi connectivity index (χ1n) is 8.60. The summed E-state index contributed by atoms with van der Waals surface area (Å²) in [5.41, 5.74) is 1.23. The highest BCUT2D eigenvalue weighted by molar-refractivity contribution is 7.89. The molecule has 24 heavy (non-hydrogen) atoms. The molecule has 132 valence electrons. The van der Waals surface area contributed by atoms with Crippen molar-refractivity contribution in [1.82, 2.24) is 4.31 Å². The highest BCUT2D eigenvalue weighted by Gasteiger charge is 2.40. The van der Waals surface area contributed by atoms with Gasteiger partial charge in [-0.2, -0.15) is 0 Å². The van der Waals surface area contributed by atoms with E-state index >= 15 is 0 Å². The summed E-state index contributed by atoms with van der Waals surface area (Å²) in [6.45, 7) is 1.76. The topological polar surface area (TPSA) is 66.5 Å². The summed E-state index contributed by atoms with van der Waals surface area (Å²) in [7, 11) is -0.495. The Kier molecular flexibility index (Phi) is 4.71. The molecule has 1 aromatic rings. The van der Waals surface area contributed by atoms with Gasteiger partial charge >= 0.3 is 0 Å². The molecular formula is C18H26N2O3S. The van der Waals surface area contributed by atoms with Gasteiger partial charge in [-0.05, 0) is 61.6 Å². The van der Waals surface area contributed by atoms with Crippen LogP contribution in [0.3, 0.4) is 0 Å². The van der Waals surface area contributed by atoms with Crippen LogP contribution in [0.5, 0.6) is 0 Å². The monoisotopic (exact) mass is 350 g/mol. The maximum absolute atomic E-state index is 12.4. The molecule has 3 atom stereocenters. The Morgan fingerprint density at radius 3 is 2.58 bits per heavy atom. The Morgan fingerprint density at radius 1 is 1.25 bits per heavy atom. The van der Waals surface area contributed by atoms with Crippen LogP contribution in [0, 0.1) is 24.7 Å². The van der Waals surface area contributed by atoms with Crippen molar-refractivity contribution >= 4 is 21.6 Å². The molecule has 1 N–H and O–H groups in total. The van der Waals surface area contributed by atoms with Crippen molar-refractivity contribution in [3.8, 4) is 0 Å². The van der Waals surface area contributed by atoms with Gasteiger partial charge in [0.15, 0.2) is 0 Å². The van der Waals surface area contributed by atoms with Crippen LogP contribution in [0.15, 0.2) is 23.1 Å². The van der Waals surface area contributed by atoms with E-state index in [1.165, 1.54) is 44.1 Å². The molecule has 2 fully saturated rings. The van der Waals surface area contributed by atoms with Crippen molar-refractivity contribution in [1.29, 1.82) is 0 Å². The number of carbonyl (C=O) groups is 1. The highest BCUT2D eigenvalue weighted by Crippen LogP contribution is 2.49. The number of rotatable bonds is 5. The highest BCUT2D eigenvalue weighted by atomic mass is 32.2. The lowest BCUT2D eigenvalue weighted by Gasteiger charge is -2.21. The third-order valence-corrected chi connectivity index (χ3v) is 7.52. The van der Waals surface area contributed by atoms with Gasteiger partial charge in [0.1, 0.15) is 0 Å². The molecule has 0 heterocycles. The lowest BCUT2D eigenvalue weighted by atomic mass is 9.86. The summed E-state index contributed by atoms with van der Waals surface area (Å²) in [5.74, 6) is 2.02. The molecule has 2 aliphatic rings. The second-order valence-corrected chi connectivity index (χ2v) is 9.58. The molecule has 3 unspecified atom stereocenters. The fraction of sp³-hybridized carbons (Fsp3) is 0.611. The van der Waals surface area contributed by atoms with Gasteiger partial charge in [-0.3, -0.25) is 4.79 Å². The van der Waals surface area contributed by atoms with Crippen molar-refractivity contribution in [3.63, 3.8) is 0 Å². The van der Waals surface area contributed by atoms with Crippen LogP contribution in [0.25, 0.3) is 0 Å². The van der Waals surface area contributed by atoms with Gasteiger partial charge in [0.2, 0.25) is 15.9 Å². The van der Waals surface area contributed by atoms with Crippen LogP contribution in [-0.4, -0.2) is 32.7 Å². The van der Waals surface area contributed by atoms with Gasteiger partial charge in [0, 0.05) is 26.2 Å². The fourth-order valence-electron chi connectivity index (χ4n) is 4.23. The van der Waals surface area contributed by atoms with Crippen LogP contribution in [0.2, 0.25) is 0 Å². The van der Waals surface area contributed by atoms with Gasteiger partial charge < -0.3 is 5.32 Å². The molecule has 0 saturated heterocycles. The third kappa shape index (κ3) is 3.35. The SMILES string of the molecule is Cc1ccc(NC(=O)CC2CC3CCC2C3)cc1S(=O)(=O)N(C)C. The number of benzene rings is 1. The van der Waals surface area contributed by atoms with Gasteiger partial charge in [0.05, 0.1) is 4.90 Å². The first-order valence-corrected chi connectivity index (χ1v) is 10.0. The summed E-state index contributed by atoms with van der Waals surface area (Å²) >= 11 is 0. The smallest absolute Gasteiger partial charge is 0.242 e. The van der Waals surface area contributed by atoms with Crippen molar-refractivity contribution < 1.29 is 13.2 Å². The molecule has 0 spiro atoms. The summed E-state index contributed by atoms with van der Waals surface area (Å²) in [5, 5.41) is 2.89. The Balaban J connectivity index is 1.70. The van der Waals surface area contributed by atoms with Crippen molar-refractivity contribution in [2.24, 2.45) is 17.8 Å². The van der Waals surface area contributed by atoms with Crippen molar-refractivity contribution in [2.75, 3.05) is 19.4 Å². The van der Waals surface area contributed by atoms with E-state index in [1.807, 2.05) is 0 Å². The molecule has 5 nitrogen and oxygen atoms in total. The largest absolute Gasteiger partial charge is 0.326 e. The number of anilines is 1. The molecule has 1 amide bonds. The summed E-state index contributed by atoms with van der Waals surface area (Å²) < 4.78 is 25.9. The van der Waals surface area contributed by atoms with Gasteiger partial charge in [-0.15, -0.1) is 0 Å². The minimum Gasteiger partial charge on any atom is -0.326 e. The number of hydrogen-bond donors (Lipinski definition) is 1. The number of nitrogens with zero attached hydrogens (tertiary/aromatic N) is 1. The second kappa shape index (κ2) is 6.48. The minimum absolute atomic E-state index is 0.00963. The Bertz CT molecular complexity index is 743. The summed E-state index contributed by atoms with van der Waals surface area (Å²) in [6, 6.07) is 5.07. The number of nitrogens with one attached hydrogen (secondary N) is 1. The van der Waals surface area contributed by atoms with Gasteiger partial charge in [-0.25, -0.2) is 12.7 Å². The maximum atomic E-state index is 12.4. The molecule has 3 rings (SSSR count). The van der Waals surface area contributed by atoms with E-state index in [-0.39, 0.29) is 10.8 Å². The second-order valence-electron chi connectivity index (χ2n) is 7.45. The Labute approximate surface area is 144 Å². The first kappa shape index (κ1) is 17.4. The standard InChI is InChI=1S/C18H26N2O3S/c1-12-4-7-16(11-17(12)24(22,23)20(2)3)19-18(21)10-15-9-13-5-6-14(15)8-13/h4,7,11,13-15H,5-6,8-10H2,1-3H3,(H,19,21). The number of aryl methyl sites for hydroxylation is 1. The zero-order chi connectivity index (χ0) is 17.5. The van der Waals surface area contributed by atoms with Crippen molar-refractivity contribution in [3.05, 3.63) is 23.8 Å². The minimum atomic E-state index is -3.51. The molecule has 0 aromatic heterocycles. The van der Waals surface area contributed by atoms with Crippen LogP contribution in [0.1, 0.15) is 37.7 Å². The molecule has 0 radical (unpaired) electrons. The lowest BCUT2D eigenvalue weighted by Crippen LogP contribution is -2.24. The predicted octanol–water partition coefficient (Wildman–Crippen LogP) is 3.01. The van der Waals surface area contributed by atoms with Gasteiger partial charge in [-0.1, -0.05) is 12.5 Å². The number of amides is 1. The van der Waals surface area contributed by atoms with E-state index in [1.54, 1.807) is 25.1 Å². The van der Waals surface area contributed by atoms with Crippen LogP contribution in [-0.2, 0) is 14.8 Å². The molecule has 0 aliphatic heterocycles. The van der Waals surface area contributed by atoms with Crippen LogP contribution < -0.4 is 5.32 Å². The zero-order valence-corrected chi connectivity index (χ0v) is 15.4. The molecule has 1 aromatic carbocycles. The number of sulfonamides is 1. The van der Waals surface area contributed by atoms with Crippen molar-refractivity contribution in [2.45, 2.75) is 43.9 Å². The predicted molar refractivity (Wildman–Crippen MR) is 94.2 cm³/mol. The fourth-order valence-corrected chi connectivity index (χ4v) is 5.37. The van der Waals surface area contributed by atoms with Crippen LogP contribution >= 0.6 is 0 Å². The lowest BCUT2D eigenvalue weighted by molar-refractivity contribution is -0.117. The summed E-state index contributed by atoms with van der Waals surface area (Å²) in [4.78, 5) is 12.6. The first-order chi connectivity index (χ1) is 11.3. The number of hydrogen-bond acceptors (Lipinski definition) is 3. The normalized spacial score (nSPS) is 26.1. The maximum Gasteiger partial charge on any atom is 0.242 e. The molecule has 2 saturated carbocycles. The average molecular weight is 350 g/mol. The van der Waals surface area contributed by atoms with E-state index in [0.29, 0.717) is 29.5 Å².